The number of nitrogens with two attached hydrogens (primary N) is 2. The molecule has 10 nitrogen and oxygen atoms in total. The van der Waals surface area contributed by atoms with E-state index in [2.05, 4.69) is 0 Å². The number of benzene rings is 2. The molecule has 4 atom stereocenters. The van der Waals surface area contributed by atoms with Crippen LogP contribution in [0.1, 0.15) is 24.0 Å². The number of amides is 2. The third-order valence-corrected chi connectivity index (χ3v) is 7.01. The normalized spacial score (nSPS) is 22.0. The second-order valence-electron chi connectivity index (χ2n) is 9.76. The van der Waals surface area contributed by atoms with Gasteiger partial charge in [0.1, 0.15) is 13.2 Å². The third-order valence-electron chi connectivity index (χ3n) is 7.01. The predicted molar refractivity (Wildman–Crippen MR) is 157 cm³/mol. The number of hydrogen-bond acceptors (Lipinski definition) is 8. The Morgan fingerprint density at radius 3 is 1.35 bits per heavy atom. The smallest absolute Gasteiger partial charge is 0.410 e. The number of carbonyl (C=O) groups is 2. The van der Waals surface area contributed by atoms with Crippen molar-refractivity contribution >= 4 is 37.0 Å². The Morgan fingerprint density at radius 2 is 1.05 bits per heavy atom. The molecule has 0 saturated carbocycles. The molecule has 2 aliphatic heterocycles. The van der Waals surface area contributed by atoms with Gasteiger partial charge in [0.25, 0.3) is 0 Å². The maximum absolute atomic E-state index is 11.9. The molecule has 6 N–H and O–H groups in total. The first-order chi connectivity index (χ1) is 18.4. The number of ether oxygens (including phenoxy) is 2. The highest BCUT2D eigenvalue weighted by Crippen LogP contribution is 2.18. The molecule has 2 amide bonds. The van der Waals surface area contributed by atoms with Crippen LogP contribution in [-0.2, 0) is 22.7 Å². The minimum absolute atomic E-state index is 0. The van der Waals surface area contributed by atoms with Crippen molar-refractivity contribution in [3.63, 3.8) is 0 Å². The second kappa shape index (κ2) is 18.7. The summed E-state index contributed by atoms with van der Waals surface area (Å²) in [5.41, 5.74) is 13.8. The van der Waals surface area contributed by atoms with Crippen molar-refractivity contribution in [1.29, 1.82) is 0 Å². The summed E-state index contributed by atoms with van der Waals surface area (Å²) in [4.78, 5) is 27.0. The molecule has 0 radical (unpaired) electrons. The highest BCUT2D eigenvalue weighted by molar-refractivity contribution is 5.85. The van der Waals surface area contributed by atoms with E-state index in [9.17, 15) is 9.59 Å². The zero-order valence-corrected chi connectivity index (χ0v) is 24.2. The van der Waals surface area contributed by atoms with Crippen LogP contribution in [0, 0.1) is 11.8 Å². The molecule has 2 heterocycles. The summed E-state index contributed by atoms with van der Waals surface area (Å²) in [6, 6.07) is 18.8. The molecule has 4 rings (SSSR count). The van der Waals surface area contributed by atoms with Gasteiger partial charge in [-0.1, -0.05) is 60.7 Å². The largest absolute Gasteiger partial charge is 0.445 e. The SMILES string of the molecule is Cl.Cl.N[C@@H]1CN(C(=O)OCc2ccccc2)CC[C@H]1CO.N[C@H]1CN(C(=O)OCc2ccccc2)CC[C@@H]1CO. The van der Waals surface area contributed by atoms with Crippen molar-refractivity contribution in [3.8, 4) is 0 Å². The van der Waals surface area contributed by atoms with Gasteiger partial charge in [-0.25, -0.2) is 9.59 Å². The summed E-state index contributed by atoms with van der Waals surface area (Å²) in [5, 5.41) is 18.2. The second-order valence-corrected chi connectivity index (χ2v) is 9.76. The Morgan fingerprint density at radius 1 is 0.700 bits per heavy atom. The van der Waals surface area contributed by atoms with Gasteiger partial charge in [-0.2, -0.15) is 0 Å². The standard InChI is InChI=1S/2C14H20N2O3.2ClH/c2*15-13-8-16(7-6-12(13)9-17)14(18)19-10-11-4-2-1-3-5-11;;/h2*1-5,12-13,17H,6-10,15H2;2*1H/t2*12-,13+;;/m10../s1. The summed E-state index contributed by atoms with van der Waals surface area (Å²) < 4.78 is 10.5. The fourth-order valence-corrected chi connectivity index (χ4v) is 4.47. The Kier molecular flexibility index (Phi) is 16.6. The summed E-state index contributed by atoms with van der Waals surface area (Å²) in [6.45, 7) is 2.77. The number of rotatable bonds is 6. The number of piperidine rings is 2. The Bertz CT molecular complexity index is 912. The van der Waals surface area contributed by atoms with Crippen LogP contribution in [0.15, 0.2) is 60.7 Å². The summed E-state index contributed by atoms with van der Waals surface area (Å²) >= 11 is 0. The van der Waals surface area contributed by atoms with Crippen LogP contribution in [0.5, 0.6) is 0 Å². The molecule has 2 saturated heterocycles. The van der Waals surface area contributed by atoms with Gasteiger partial charge < -0.3 is 41.0 Å². The average molecular weight is 602 g/mol. The third kappa shape index (κ3) is 11.1. The van der Waals surface area contributed by atoms with Crippen molar-refractivity contribution < 1.29 is 29.3 Å². The molecular weight excluding hydrogens is 559 g/mol. The van der Waals surface area contributed by atoms with Crippen molar-refractivity contribution in [1.82, 2.24) is 9.80 Å². The topological polar surface area (TPSA) is 152 Å². The first kappa shape index (κ1) is 35.4. The molecule has 2 aromatic rings. The van der Waals surface area contributed by atoms with Crippen molar-refractivity contribution in [2.45, 2.75) is 38.1 Å². The lowest BCUT2D eigenvalue weighted by molar-refractivity contribution is 0.0662. The van der Waals surface area contributed by atoms with Gasteiger partial charge in [-0.05, 0) is 24.0 Å². The molecule has 0 spiro atoms. The molecule has 2 fully saturated rings. The zero-order chi connectivity index (χ0) is 27.3. The maximum Gasteiger partial charge on any atom is 0.410 e. The lowest BCUT2D eigenvalue weighted by Gasteiger charge is -2.35. The number of aliphatic hydroxyl groups excluding tert-OH is 2. The van der Waals surface area contributed by atoms with Crippen LogP contribution >= 0.6 is 24.8 Å². The lowest BCUT2D eigenvalue weighted by atomic mass is 9.93. The van der Waals surface area contributed by atoms with Crippen LogP contribution < -0.4 is 11.5 Å². The molecule has 0 aliphatic carbocycles. The Hall–Kier alpha value is -2.60. The summed E-state index contributed by atoms with van der Waals surface area (Å²) in [7, 11) is 0. The van der Waals surface area contributed by atoms with Crippen molar-refractivity contribution in [2.75, 3.05) is 39.4 Å². The van der Waals surface area contributed by atoms with E-state index >= 15 is 0 Å². The van der Waals surface area contributed by atoms with E-state index in [4.69, 9.17) is 31.2 Å². The quantitative estimate of drug-likeness (QED) is 0.395. The van der Waals surface area contributed by atoms with Crippen LogP contribution in [0.3, 0.4) is 0 Å². The molecule has 40 heavy (non-hydrogen) atoms. The van der Waals surface area contributed by atoms with E-state index in [1.807, 2.05) is 60.7 Å². The van der Waals surface area contributed by atoms with Gasteiger partial charge in [0, 0.05) is 63.3 Å². The van der Waals surface area contributed by atoms with Gasteiger partial charge in [0.2, 0.25) is 0 Å². The molecule has 12 heteroatoms. The molecule has 0 aromatic heterocycles. The number of halogens is 2. The van der Waals surface area contributed by atoms with Gasteiger partial charge in [0.05, 0.1) is 0 Å². The number of hydrogen-bond donors (Lipinski definition) is 4. The Labute approximate surface area is 248 Å². The zero-order valence-electron chi connectivity index (χ0n) is 22.5. The minimum Gasteiger partial charge on any atom is -0.445 e. The van der Waals surface area contributed by atoms with E-state index in [-0.39, 0.29) is 87.3 Å². The predicted octanol–water partition coefficient (Wildman–Crippen LogP) is 2.77. The van der Waals surface area contributed by atoms with Gasteiger partial charge in [0.15, 0.2) is 0 Å². The highest BCUT2D eigenvalue weighted by Gasteiger charge is 2.30. The lowest BCUT2D eigenvalue weighted by Crippen LogP contribution is -2.51. The molecule has 224 valence electrons. The van der Waals surface area contributed by atoms with Crippen molar-refractivity contribution in [2.24, 2.45) is 23.3 Å². The Balaban J connectivity index is 0.000000381. The van der Waals surface area contributed by atoms with Gasteiger partial charge >= 0.3 is 12.2 Å². The van der Waals surface area contributed by atoms with E-state index in [0.717, 1.165) is 24.0 Å². The molecule has 2 aliphatic rings. The molecular formula is C28H42Cl2N4O6. The first-order valence-corrected chi connectivity index (χ1v) is 13.0. The average Bonchev–Trinajstić information content (AvgIpc) is 2.96. The molecule has 2 aromatic carbocycles. The maximum atomic E-state index is 11.9. The molecule has 0 unspecified atom stereocenters. The highest BCUT2D eigenvalue weighted by atomic mass is 35.5. The number of likely N-dealkylation sites (tertiary alicyclic amines) is 2. The molecule has 0 bridgehead atoms. The van der Waals surface area contributed by atoms with E-state index in [1.165, 1.54) is 0 Å². The van der Waals surface area contributed by atoms with Crippen LogP contribution in [0.4, 0.5) is 9.59 Å². The number of nitrogens with zero attached hydrogens (tertiary/aromatic N) is 2. The van der Waals surface area contributed by atoms with Gasteiger partial charge in [-0.3, -0.25) is 0 Å². The van der Waals surface area contributed by atoms with E-state index in [0.29, 0.717) is 26.2 Å². The number of carbonyl (C=O) groups excluding carboxylic acids is 2. The minimum atomic E-state index is -0.337. The van der Waals surface area contributed by atoms with Crippen molar-refractivity contribution in [3.05, 3.63) is 71.8 Å². The van der Waals surface area contributed by atoms with Crippen LogP contribution in [0.2, 0.25) is 0 Å². The first-order valence-electron chi connectivity index (χ1n) is 13.0. The summed E-state index contributed by atoms with van der Waals surface area (Å²) in [6.07, 6.45) is 0.766. The van der Waals surface area contributed by atoms with Gasteiger partial charge in [-0.15, -0.1) is 24.8 Å². The fourth-order valence-electron chi connectivity index (χ4n) is 4.47. The fraction of sp³-hybridized carbons (Fsp3) is 0.500. The van der Waals surface area contributed by atoms with E-state index < -0.39 is 0 Å². The van der Waals surface area contributed by atoms with E-state index in [1.54, 1.807) is 9.80 Å². The summed E-state index contributed by atoms with van der Waals surface area (Å²) in [5.74, 6) is 0.163. The number of aliphatic hydroxyl groups is 2. The van der Waals surface area contributed by atoms with Crippen LogP contribution in [-0.4, -0.2) is 83.7 Å². The van der Waals surface area contributed by atoms with Crippen LogP contribution in [0.25, 0.3) is 0 Å². The monoisotopic (exact) mass is 600 g/mol.